The fraction of sp³-hybridized carbons (Fsp3) is 0.267. The van der Waals surface area contributed by atoms with Gasteiger partial charge in [-0.25, -0.2) is 4.98 Å². The van der Waals surface area contributed by atoms with Crippen molar-refractivity contribution >= 4 is 17.4 Å². The molecule has 0 aliphatic rings. The van der Waals surface area contributed by atoms with Crippen molar-refractivity contribution in [3.8, 4) is 11.3 Å². The summed E-state index contributed by atoms with van der Waals surface area (Å²) in [6.07, 6.45) is 1.83. The number of nitrogens with zero attached hydrogens (tertiary/aromatic N) is 2. The molecule has 3 nitrogen and oxygen atoms in total. The van der Waals surface area contributed by atoms with Gasteiger partial charge in [0, 0.05) is 23.0 Å². The van der Waals surface area contributed by atoms with Crippen LogP contribution in [0.25, 0.3) is 11.3 Å². The number of nitrogens with two attached hydrogens (primary N) is 1. The van der Waals surface area contributed by atoms with E-state index in [0.29, 0.717) is 23.3 Å². The summed E-state index contributed by atoms with van der Waals surface area (Å²) in [5.74, 6) is 1.96. The summed E-state index contributed by atoms with van der Waals surface area (Å²) >= 11 is 5.91. The fourth-order valence-corrected chi connectivity index (χ4v) is 2.19. The van der Waals surface area contributed by atoms with E-state index in [4.69, 9.17) is 17.3 Å². The van der Waals surface area contributed by atoms with Gasteiger partial charge in [-0.05, 0) is 12.1 Å². The predicted molar refractivity (Wildman–Crippen MR) is 81.4 cm³/mol. The molecule has 4 heteroatoms. The average molecular weight is 276 g/mol. The maximum absolute atomic E-state index is 6.22. The quantitative estimate of drug-likeness (QED) is 0.854. The highest BCUT2D eigenvalue weighted by Crippen LogP contribution is 2.30. The first-order valence-corrected chi connectivity index (χ1v) is 6.65. The van der Waals surface area contributed by atoms with Crippen LogP contribution in [0.2, 0.25) is 5.02 Å². The zero-order chi connectivity index (χ0) is 14.0. The maximum Gasteiger partial charge on any atom is 0.132 e. The molecule has 1 aromatic heterocycles. The van der Waals surface area contributed by atoms with Crippen molar-refractivity contribution in [1.29, 1.82) is 0 Å². The minimum absolute atomic E-state index is 0.309. The molecule has 19 heavy (non-hydrogen) atoms. The molecule has 0 spiro atoms. The Balaban J connectivity index is 2.55. The summed E-state index contributed by atoms with van der Waals surface area (Å²) < 4.78 is 2.00. The van der Waals surface area contributed by atoms with Crippen LogP contribution in [0.3, 0.4) is 0 Å². The standard InChI is InChI=1S/C15H18ClN3/c1-4-9-19-14(17)13(18-15(19)10(2)3)11-5-7-12(16)8-6-11/h4-8,10H,1,9,17H2,2-3H3. The van der Waals surface area contributed by atoms with Gasteiger partial charge in [0.05, 0.1) is 0 Å². The Morgan fingerprint density at radius 2 is 2.00 bits per heavy atom. The molecule has 0 fully saturated rings. The summed E-state index contributed by atoms with van der Waals surface area (Å²) in [7, 11) is 0. The van der Waals surface area contributed by atoms with Crippen LogP contribution in [0.15, 0.2) is 36.9 Å². The highest BCUT2D eigenvalue weighted by atomic mass is 35.5. The number of imidazole rings is 1. The molecule has 0 saturated carbocycles. The minimum atomic E-state index is 0.309. The number of rotatable bonds is 4. The lowest BCUT2D eigenvalue weighted by Crippen LogP contribution is -2.07. The van der Waals surface area contributed by atoms with Crippen LogP contribution in [-0.4, -0.2) is 9.55 Å². The number of halogens is 1. The number of benzene rings is 1. The van der Waals surface area contributed by atoms with Gasteiger partial charge in [-0.2, -0.15) is 0 Å². The zero-order valence-electron chi connectivity index (χ0n) is 11.2. The lowest BCUT2D eigenvalue weighted by atomic mass is 10.1. The van der Waals surface area contributed by atoms with Gasteiger partial charge in [0.2, 0.25) is 0 Å². The van der Waals surface area contributed by atoms with Crippen LogP contribution in [-0.2, 0) is 6.54 Å². The molecule has 2 N–H and O–H groups in total. The third kappa shape index (κ3) is 2.66. The Bertz CT molecular complexity index is 582. The first-order chi connectivity index (χ1) is 9.04. The Kier molecular flexibility index (Phi) is 3.96. The van der Waals surface area contributed by atoms with E-state index in [2.05, 4.69) is 25.4 Å². The number of anilines is 1. The zero-order valence-corrected chi connectivity index (χ0v) is 12.0. The third-order valence-electron chi connectivity index (χ3n) is 2.98. The van der Waals surface area contributed by atoms with Crippen molar-refractivity contribution in [2.45, 2.75) is 26.3 Å². The van der Waals surface area contributed by atoms with E-state index in [0.717, 1.165) is 17.1 Å². The van der Waals surface area contributed by atoms with E-state index in [9.17, 15) is 0 Å². The van der Waals surface area contributed by atoms with Gasteiger partial charge in [-0.15, -0.1) is 6.58 Å². The smallest absolute Gasteiger partial charge is 0.132 e. The van der Waals surface area contributed by atoms with Crippen LogP contribution >= 0.6 is 11.6 Å². The van der Waals surface area contributed by atoms with Gasteiger partial charge in [0.25, 0.3) is 0 Å². The summed E-state index contributed by atoms with van der Waals surface area (Å²) in [5, 5.41) is 0.705. The summed E-state index contributed by atoms with van der Waals surface area (Å²) in [6, 6.07) is 7.56. The predicted octanol–water partition coefficient (Wildman–Crippen LogP) is 4.10. The second kappa shape index (κ2) is 5.49. The third-order valence-corrected chi connectivity index (χ3v) is 3.23. The summed E-state index contributed by atoms with van der Waals surface area (Å²) in [6.45, 7) is 8.64. The molecular weight excluding hydrogens is 258 g/mol. The highest BCUT2D eigenvalue weighted by molar-refractivity contribution is 6.30. The van der Waals surface area contributed by atoms with Gasteiger partial charge < -0.3 is 10.3 Å². The molecular formula is C15H18ClN3. The first kappa shape index (κ1) is 13.7. The molecule has 0 aliphatic heterocycles. The largest absolute Gasteiger partial charge is 0.383 e. The number of hydrogen-bond acceptors (Lipinski definition) is 2. The Labute approximate surface area is 118 Å². The summed E-state index contributed by atoms with van der Waals surface area (Å²) in [5.41, 5.74) is 8.00. The number of aromatic nitrogens is 2. The molecule has 0 unspecified atom stereocenters. The molecule has 0 saturated heterocycles. The highest BCUT2D eigenvalue weighted by Gasteiger charge is 2.17. The van der Waals surface area contributed by atoms with Gasteiger partial charge in [-0.1, -0.05) is 43.7 Å². The van der Waals surface area contributed by atoms with Crippen molar-refractivity contribution < 1.29 is 0 Å². The van der Waals surface area contributed by atoms with Crippen LogP contribution in [0.4, 0.5) is 5.82 Å². The van der Waals surface area contributed by atoms with E-state index in [-0.39, 0.29) is 0 Å². The van der Waals surface area contributed by atoms with E-state index in [1.807, 2.05) is 34.9 Å². The van der Waals surface area contributed by atoms with Crippen molar-refractivity contribution in [2.24, 2.45) is 0 Å². The van der Waals surface area contributed by atoms with Crippen molar-refractivity contribution in [1.82, 2.24) is 9.55 Å². The normalized spacial score (nSPS) is 10.9. The Morgan fingerprint density at radius 1 is 1.37 bits per heavy atom. The van der Waals surface area contributed by atoms with Gasteiger partial charge >= 0.3 is 0 Å². The molecule has 2 rings (SSSR count). The maximum atomic E-state index is 6.22. The van der Waals surface area contributed by atoms with Gasteiger partial charge in [0.1, 0.15) is 17.3 Å². The number of hydrogen-bond donors (Lipinski definition) is 1. The SMILES string of the molecule is C=CCn1c(C(C)C)nc(-c2ccc(Cl)cc2)c1N. The monoisotopic (exact) mass is 275 g/mol. The number of allylic oxidation sites excluding steroid dienone is 1. The van der Waals surface area contributed by atoms with Crippen LogP contribution in [0, 0.1) is 0 Å². The Hall–Kier alpha value is -1.74. The van der Waals surface area contributed by atoms with E-state index in [1.54, 1.807) is 0 Å². The topological polar surface area (TPSA) is 43.8 Å². The fourth-order valence-electron chi connectivity index (χ4n) is 2.07. The molecule has 2 aromatic rings. The van der Waals surface area contributed by atoms with Crippen LogP contribution in [0.1, 0.15) is 25.6 Å². The van der Waals surface area contributed by atoms with Crippen LogP contribution in [0.5, 0.6) is 0 Å². The molecule has 0 amide bonds. The van der Waals surface area contributed by atoms with Crippen molar-refractivity contribution in [3.63, 3.8) is 0 Å². The van der Waals surface area contributed by atoms with Crippen molar-refractivity contribution in [3.05, 3.63) is 47.8 Å². The lowest BCUT2D eigenvalue weighted by Gasteiger charge is -2.09. The minimum Gasteiger partial charge on any atom is -0.383 e. The molecule has 1 aromatic carbocycles. The number of nitrogen functional groups attached to an aromatic ring is 1. The second-order valence-electron chi connectivity index (χ2n) is 4.76. The van der Waals surface area contributed by atoms with Gasteiger partial charge in [-0.3, -0.25) is 0 Å². The first-order valence-electron chi connectivity index (χ1n) is 6.27. The molecule has 0 atom stereocenters. The molecule has 100 valence electrons. The van der Waals surface area contributed by atoms with Gasteiger partial charge in [0.15, 0.2) is 0 Å². The average Bonchev–Trinajstić information content (AvgIpc) is 2.69. The van der Waals surface area contributed by atoms with Crippen LogP contribution < -0.4 is 5.73 Å². The molecule has 0 aliphatic carbocycles. The van der Waals surface area contributed by atoms with E-state index in [1.165, 1.54) is 0 Å². The summed E-state index contributed by atoms with van der Waals surface area (Å²) in [4.78, 5) is 4.67. The molecule has 1 heterocycles. The molecule has 0 radical (unpaired) electrons. The molecule has 0 bridgehead atoms. The lowest BCUT2D eigenvalue weighted by molar-refractivity contribution is 0.684. The second-order valence-corrected chi connectivity index (χ2v) is 5.20. The van der Waals surface area contributed by atoms with E-state index >= 15 is 0 Å². The van der Waals surface area contributed by atoms with Crippen molar-refractivity contribution in [2.75, 3.05) is 5.73 Å². The van der Waals surface area contributed by atoms with E-state index < -0.39 is 0 Å². The Morgan fingerprint density at radius 3 is 2.53 bits per heavy atom.